The zero-order chi connectivity index (χ0) is 18.1. The van der Waals surface area contributed by atoms with Crippen molar-refractivity contribution in [3.05, 3.63) is 76.8 Å². The summed E-state index contributed by atoms with van der Waals surface area (Å²) < 4.78 is 0. The van der Waals surface area contributed by atoms with Gasteiger partial charge in [0, 0.05) is 11.1 Å². The highest BCUT2D eigenvalue weighted by Crippen LogP contribution is 2.28. The molecule has 3 aromatic heterocycles. The molecule has 0 bridgehead atoms. The first-order valence-electron chi connectivity index (χ1n) is 8.30. The van der Waals surface area contributed by atoms with Crippen molar-refractivity contribution in [3.8, 4) is 10.6 Å². The number of nitrogens with one attached hydrogen (secondary N) is 1. The molecule has 0 aliphatic carbocycles. The predicted octanol–water partition coefficient (Wildman–Crippen LogP) is 5.23. The Balaban J connectivity index is 1.80. The van der Waals surface area contributed by atoms with Gasteiger partial charge in [-0.2, -0.15) is 0 Å². The van der Waals surface area contributed by atoms with Gasteiger partial charge in [0.15, 0.2) is 0 Å². The van der Waals surface area contributed by atoms with E-state index < -0.39 is 0 Å². The van der Waals surface area contributed by atoms with Gasteiger partial charge < -0.3 is 5.32 Å². The molecule has 0 unspecified atom stereocenters. The normalized spacial score (nSPS) is 10.8. The predicted molar refractivity (Wildman–Crippen MR) is 107 cm³/mol. The Morgan fingerprint density at radius 1 is 1.00 bits per heavy atom. The first kappa shape index (κ1) is 16.4. The summed E-state index contributed by atoms with van der Waals surface area (Å²) >= 11 is 1.61. The van der Waals surface area contributed by atoms with Crippen molar-refractivity contribution in [1.29, 1.82) is 0 Å². The molecule has 26 heavy (non-hydrogen) atoms. The van der Waals surface area contributed by atoms with E-state index in [2.05, 4.69) is 10.3 Å². The van der Waals surface area contributed by atoms with E-state index in [1.54, 1.807) is 11.3 Å². The van der Waals surface area contributed by atoms with E-state index >= 15 is 0 Å². The lowest BCUT2D eigenvalue weighted by atomic mass is 10.1. The minimum Gasteiger partial charge on any atom is -0.307 e. The smallest absolute Gasteiger partial charge is 0.257 e. The van der Waals surface area contributed by atoms with Gasteiger partial charge in [-0.15, -0.1) is 11.3 Å². The molecule has 0 fully saturated rings. The van der Waals surface area contributed by atoms with Crippen molar-refractivity contribution < 1.29 is 4.79 Å². The summed E-state index contributed by atoms with van der Waals surface area (Å²) in [5, 5.41) is 5.76. The fourth-order valence-electron chi connectivity index (χ4n) is 3.00. The maximum atomic E-state index is 13.0. The average molecular weight is 359 g/mol. The van der Waals surface area contributed by atoms with Crippen LogP contribution in [0.4, 0.5) is 5.82 Å². The molecule has 0 radical (unpaired) electrons. The van der Waals surface area contributed by atoms with Crippen LogP contribution >= 0.6 is 11.3 Å². The van der Waals surface area contributed by atoms with Crippen LogP contribution in [0.2, 0.25) is 0 Å². The van der Waals surface area contributed by atoms with E-state index in [-0.39, 0.29) is 5.91 Å². The highest BCUT2D eigenvalue weighted by atomic mass is 32.1. The van der Waals surface area contributed by atoms with Crippen LogP contribution in [0.3, 0.4) is 0 Å². The van der Waals surface area contributed by atoms with Gasteiger partial charge in [-0.25, -0.2) is 9.97 Å². The fourth-order valence-corrected chi connectivity index (χ4v) is 3.69. The maximum absolute atomic E-state index is 13.0. The molecule has 4 rings (SSSR count). The lowest BCUT2D eigenvalue weighted by Gasteiger charge is -2.10. The SMILES string of the molecule is Cc1cc(C)nc(NC(=O)c2cc(-c3cccs3)nc3ccccc23)c1. The molecule has 4 nitrogen and oxygen atoms in total. The maximum Gasteiger partial charge on any atom is 0.257 e. The van der Waals surface area contributed by atoms with Crippen molar-refractivity contribution in [2.75, 3.05) is 5.32 Å². The number of para-hydroxylation sites is 1. The molecule has 0 aliphatic heterocycles. The summed E-state index contributed by atoms with van der Waals surface area (Å²) in [6.45, 7) is 3.90. The number of carbonyl (C=O) groups is 1. The van der Waals surface area contributed by atoms with Gasteiger partial charge in [0.05, 0.1) is 21.7 Å². The first-order valence-corrected chi connectivity index (χ1v) is 9.18. The van der Waals surface area contributed by atoms with Crippen LogP contribution in [0.25, 0.3) is 21.5 Å². The Hall–Kier alpha value is -3.05. The molecular weight excluding hydrogens is 342 g/mol. The van der Waals surface area contributed by atoms with Crippen LogP contribution in [0, 0.1) is 13.8 Å². The Morgan fingerprint density at radius 2 is 1.85 bits per heavy atom. The lowest BCUT2D eigenvalue weighted by molar-refractivity contribution is 0.102. The van der Waals surface area contributed by atoms with E-state index in [1.165, 1.54) is 0 Å². The zero-order valence-electron chi connectivity index (χ0n) is 14.5. The summed E-state index contributed by atoms with van der Waals surface area (Å²) in [7, 11) is 0. The summed E-state index contributed by atoms with van der Waals surface area (Å²) in [4.78, 5) is 23.2. The first-order chi connectivity index (χ1) is 12.6. The number of nitrogens with zero attached hydrogens (tertiary/aromatic N) is 2. The third-order valence-electron chi connectivity index (χ3n) is 4.07. The van der Waals surface area contributed by atoms with E-state index in [4.69, 9.17) is 4.98 Å². The number of pyridine rings is 2. The number of aromatic nitrogens is 2. The van der Waals surface area contributed by atoms with Gasteiger partial charge in [0.1, 0.15) is 5.82 Å². The van der Waals surface area contributed by atoms with Gasteiger partial charge >= 0.3 is 0 Å². The number of anilines is 1. The van der Waals surface area contributed by atoms with Gasteiger partial charge in [0.2, 0.25) is 0 Å². The van der Waals surface area contributed by atoms with Crippen LogP contribution in [-0.2, 0) is 0 Å². The van der Waals surface area contributed by atoms with Gasteiger partial charge in [-0.05, 0) is 55.1 Å². The molecule has 128 valence electrons. The van der Waals surface area contributed by atoms with E-state index in [9.17, 15) is 4.79 Å². The molecule has 0 saturated heterocycles. The van der Waals surface area contributed by atoms with Crippen molar-refractivity contribution in [1.82, 2.24) is 9.97 Å². The zero-order valence-corrected chi connectivity index (χ0v) is 15.3. The molecule has 1 N–H and O–H groups in total. The number of hydrogen-bond donors (Lipinski definition) is 1. The number of hydrogen-bond acceptors (Lipinski definition) is 4. The lowest BCUT2D eigenvalue weighted by Crippen LogP contribution is -2.14. The quantitative estimate of drug-likeness (QED) is 0.545. The van der Waals surface area contributed by atoms with Crippen LogP contribution in [0.1, 0.15) is 21.6 Å². The highest BCUT2D eigenvalue weighted by molar-refractivity contribution is 7.13. The fraction of sp³-hybridized carbons (Fsp3) is 0.0952. The second-order valence-electron chi connectivity index (χ2n) is 6.17. The Bertz CT molecular complexity index is 1080. The number of fused-ring (bicyclic) bond motifs is 1. The van der Waals surface area contributed by atoms with Crippen LogP contribution in [0.5, 0.6) is 0 Å². The minimum absolute atomic E-state index is 0.182. The number of carbonyl (C=O) groups excluding carboxylic acids is 1. The molecule has 0 atom stereocenters. The van der Waals surface area contributed by atoms with E-state index in [0.29, 0.717) is 11.4 Å². The standard InChI is InChI=1S/C21H17N3OS/c1-13-10-14(2)22-20(11-13)24-21(25)16-12-18(19-8-5-9-26-19)23-17-7-4-3-6-15(16)17/h3-12H,1-2H3,(H,22,24,25). The van der Waals surface area contributed by atoms with Crippen molar-refractivity contribution in [2.24, 2.45) is 0 Å². The highest BCUT2D eigenvalue weighted by Gasteiger charge is 2.15. The average Bonchev–Trinajstić information content (AvgIpc) is 3.14. The Kier molecular flexibility index (Phi) is 4.22. The van der Waals surface area contributed by atoms with Crippen molar-refractivity contribution in [3.63, 3.8) is 0 Å². The topological polar surface area (TPSA) is 54.9 Å². The van der Waals surface area contributed by atoms with Crippen molar-refractivity contribution in [2.45, 2.75) is 13.8 Å². The summed E-state index contributed by atoms with van der Waals surface area (Å²) in [5.74, 6) is 0.380. The molecule has 1 amide bonds. The van der Waals surface area contributed by atoms with Crippen molar-refractivity contribution >= 4 is 34.0 Å². The molecule has 5 heteroatoms. The number of thiophene rings is 1. The van der Waals surface area contributed by atoms with Gasteiger partial charge in [-0.3, -0.25) is 4.79 Å². The Morgan fingerprint density at radius 3 is 2.62 bits per heavy atom. The molecule has 3 heterocycles. The van der Waals surface area contributed by atoms with Crippen LogP contribution in [-0.4, -0.2) is 15.9 Å². The minimum atomic E-state index is -0.182. The van der Waals surface area contributed by atoms with Gasteiger partial charge in [0.25, 0.3) is 5.91 Å². The third-order valence-corrected chi connectivity index (χ3v) is 4.97. The number of benzene rings is 1. The van der Waals surface area contributed by atoms with Crippen LogP contribution < -0.4 is 5.32 Å². The van der Waals surface area contributed by atoms with E-state index in [0.717, 1.165) is 32.7 Å². The summed E-state index contributed by atoms with van der Waals surface area (Å²) in [6, 6.07) is 17.4. The monoisotopic (exact) mass is 359 g/mol. The Labute approximate surface area is 155 Å². The molecule has 1 aromatic carbocycles. The van der Waals surface area contributed by atoms with Crippen LogP contribution in [0.15, 0.2) is 60.0 Å². The molecule has 4 aromatic rings. The number of aryl methyl sites for hydroxylation is 2. The molecule has 0 saturated carbocycles. The molecule has 0 aliphatic rings. The largest absolute Gasteiger partial charge is 0.307 e. The summed E-state index contributed by atoms with van der Waals surface area (Å²) in [6.07, 6.45) is 0. The third kappa shape index (κ3) is 3.21. The second-order valence-corrected chi connectivity index (χ2v) is 7.12. The van der Waals surface area contributed by atoms with Gasteiger partial charge in [-0.1, -0.05) is 24.3 Å². The molecular formula is C21H17N3OS. The molecule has 0 spiro atoms. The number of rotatable bonds is 3. The number of amides is 1. The second kappa shape index (κ2) is 6.69. The summed E-state index contributed by atoms with van der Waals surface area (Å²) in [5.41, 5.74) is 4.14. The van der Waals surface area contributed by atoms with E-state index in [1.807, 2.05) is 73.8 Å².